The molecule has 4 heteroatoms. The van der Waals surface area contributed by atoms with Gasteiger partial charge in [-0.05, 0) is 43.2 Å². The van der Waals surface area contributed by atoms with Crippen molar-refractivity contribution >= 4 is 17.7 Å². The molecule has 2 fully saturated rings. The van der Waals surface area contributed by atoms with Crippen LogP contribution >= 0.6 is 11.8 Å². The van der Waals surface area contributed by atoms with Crippen LogP contribution in [-0.2, 0) is 10.5 Å². The van der Waals surface area contributed by atoms with Gasteiger partial charge < -0.3 is 9.64 Å². The number of carbonyl (C=O) groups excluding carboxylic acids is 1. The van der Waals surface area contributed by atoms with E-state index in [2.05, 4.69) is 23.3 Å². The average molecular weight is 305 g/mol. The lowest BCUT2D eigenvalue weighted by molar-refractivity contribution is 0.0706. The van der Waals surface area contributed by atoms with Gasteiger partial charge in [-0.25, -0.2) is 0 Å². The van der Waals surface area contributed by atoms with Crippen LogP contribution in [0.1, 0.15) is 35.2 Å². The van der Waals surface area contributed by atoms with Gasteiger partial charge >= 0.3 is 0 Å². The highest BCUT2D eigenvalue weighted by molar-refractivity contribution is 7.97. The van der Waals surface area contributed by atoms with Gasteiger partial charge in [-0.15, -0.1) is 0 Å². The van der Waals surface area contributed by atoms with Crippen LogP contribution in [0.15, 0.2) is 24.3 Å². The molecule has 114 valence electrons. The molecular formula is C17H23NO2S. The third-order valence-electron chi connectivity index (χ3n) is 4.24. The molecule has 0 unspecified atom stereocenters. The first kappa shape index (κ1) is 14.9. The van der Waals surface area contributed by atoms with Gasteiger partial charge in [-0.2, -0.15) is 11.8 Å². The van der Waals surface area contributed by atoms with Crippen LogP contribution in [0.4, 0.5) is 0 Å². The molecule has 21 heavy (non-hydrogen) atoms. The third-order valence-corrected chi connectivity index (χ3v) is 4.86. The van der Waals surface area contributed by atoms with Gasteiger partial charge in [0.05, 0.1) is 6.61 Å². The molecule has 1 amide bonds. The topological polar surface area (TPSA) is 29.5 Å². The number of hydrogen-bond donors (Lipinski definition) is 0. The highest BCUT2D eigenvalue weighted by Gasteiger charge is 2.35. The van der Waals surface area contributed by atoms with Crippen LogP contribution in [0.25, 0.3) is 0 Å². The van der Waals surface area contributed by atoms with E-state index in [-0.39, 0.29) is 5.91 Å². The molecule has 1 saturated carbocycles. The molecule has 0 N–H and O–H groups in total. The maximum Gasteiger partial charge on any atom is 0.254 e. The molecule has 0 radical (unpaired) electrons. The van der Waals surface area contributed by atoms with Gasteiger partial charge in [0.1, 0.15) is 0 Å². The molecule has 1 aliphatic heterocycles. The summed E-state index contributed by atoms with van der Waals surface area (Å²) in [5.41, 5.74) is 2.10. The molecule has 1 aromatic carbocycles. The summed E-state index contributed by atoms with van der Waals surface area (Å²) in [5.74, 6) is 1.71. The predicted octanol–water partition coefficient (Wildman–Crippen LogP) is 3.19. The SMILES string of the molecule is CSCc1ccc(C(=O)N(C[C@@H]2CCOC2)C2CC2)cc1. The van der Waals surface area contributed by atoms with E-state index in [0.29, 0.717) is 12.0 Å². The second kappa shape index (κ2) is 6.84. The standard InChI is InChI=1S/C17H23NO2S/c1-21-12-13-2-4-15(5-3-13)17(19)18(16-6-7-16)10-14-8-9-20-11-14/h2-5,14,16H,6-12H2,1H3/t14-/m0/s1. The second-order valence-corrected chi connectivity index (χ2v) is 6.91. The molecule has 1 atom stereocenters. The van der Waals surface area contributed by atoms with Crippen molar-refractivity contribution in [2.24, 2.45) is 5.92 Å². The van der Waals surface area contributed by atoms with Crippen molar-refractivity contribution in [2.45, 2.75) is 31.1 Å². The van der Waals surface area contributed by atoms with E-state index in [4.69, 9.17) is 4.74 Å². The average Bonchev–Trinajstić information content (AvgIpc) is 3.22. The Hall–Kier alpha value is -1.00. The number of carbonyl (C=O) groups is 1. The zero-order valence-corrected chi connectivity index (χ0v) is 13.4. The fourth-order valence-electron chi connectivity index (χ4n) is 2.87. The van der Waals surface area contributed by atoms with E-state index < -0.39 is 0 Å². The normalized spacial score (nSPS) is 21.5. The molecule has 1 heterocycles. The van der Waals surface area contributed by atoms with Crippen molar-refractivity contribution in [1.29, 1.82) is 0 Å². The lowest BCUT2D eigenvalue weighted by atomic mass is 10.1. The largest absolute Gasteiger partial charge is 0.381 e. The highest BCUT2D eigenvalue weighted by atomic mass is 32.2. The first-order chi connectivity index (χ1) is 10.3. The Kier molecular flexibility index (Phi) is 4.86. The summed E-state index contributed by atoms with van der Waals surface area (Å²) in [6.07, 6.45) is 5.49. The second-order valence-electron chi connectivity index (χ2n) is 6.05. The van der Waals surface area contributed by atoms with Crippen molar-refractivity contribution in [3.05, 3.63) is 35.4 Å². The summed E-state index contributed by atoms with van der Waals surface area (Å²) in [5, 5.41) is 0. The molecule has 1 aromatic rings. The van der Waals surface area contributed by atoms with Crippen LogP contribution in [0.3, 0.4) is 0 Å². The summed E-state index contributed by atoms with van der Waals surface area (Å²) in [6, 6.07) is 8.58. The maximum absolute atomic E-state index is 12.8. The molecule has 0 spiro atoms. The summed E-state index contributed by atoms with van der Waals surface area (Å²) in [7, 11) is 0. The Balaban J connectivity index is 1.67. The number of ether oxygens (including phenoxy) is 1. The Morgan fingerprint density at radius 2 is 2.05 bits per heavy atom. The Bertz CT molecular complexity index is 478. The fourth-order valence-corrected chi connectivity index (χ4v) is 3.39. The van der Waals surface area contributed by atoms with Crippen molar-refractivity contribution < 1.29 is 9.53 Å². The number of amides is 1. The minimum atomic E-state index is 0.195. The number of thioether (sulfide) groups is 1. The summed E-state index contributed by atoms with van der Waals surface area (Å²) in [4.78, 5) is 14.8. The predicted molar refractivity (Wildman–Crippen MR) is 86.6 cm³/mol. The van der Waals surface area contributed by atoms with Gasteiger partial charge in [0.15, 0.2) is 0 Å². The van der Waals surface area contributed by atoms with E-state index in [0.717, 1.165) is 50.3 Å². The first-order valence-electron chi connectivity index (χ1n) is 7.74. The monoisotopic (exact) mass is 305 g/mol. The Morgan fingerprint density at radius 1 is 1.29 bits per heavy atom. The van der Waals surface area contributed by atoms with Crippen LogP contribution in [0.5, 0.6) is 0 Å². The third kappa shape index (κ3) is 3.80. The van der Waals surface area contributed by atoms with Crippen LogP contribution < -0.4 is 0 Å². The van der Waals surface area contributed by atoms with E-state index >= 15 is 0 Å². The van der Waals surface area contributed by atoms with Gasteiger partial charge in [0.25, 0.3) is 5.91 Å². The number of benzene rings is 1. The minimum Gasteiger partial charge on any atom is -0.381 e. The summed E-state index contributed by atoms with van der Waals surface area (Å²) in [6.45, 7) is 2.51. The van der Waals surface area contributed by atoms with Crippen molar-refractivity contribution in [3.63, 3.8) is 0 Å². The van der Waals surface area contributed by atoms with E-state index in [9.17, 15) is 4.79 Å². The summed E-state index contributed by atoms with van der Waals surface area (Å²) >= 11 is 1.80. The number of hydrogen-bond acceptors (Lipinski definition) is 3. The quantitative estimate of drug-likeness (QED) is 0.808. The minimum absolute atomic E-state index is 0.195. The molecule has 2 aliphatic rings. The molecular weight excluding hydrogens is 282 g/mol. The van der Waals surface area contributed by atoms with E-state index in [1.54, 1.807) is 11.8 Å². The zero-order chi connectivity index (χ0) is 14.7. The first-order valence-corrected chi connectivity index (χ1v) is 9.14. The summed E-state index contributed by atoms with van der Waals surface area (Å²) < 4.78 is 5.45. The lowest BCUT2D eigenvalue weighted by Crippen LogP contribution is -2.37. The van der Waals surface area contributed by atoms with Crippen LogP contribution in [0.2, 0.25) is 0 Å². The lowest BCUT2D eigenvalue weighted by Gasteiger charge is -2.25. The molecule has 0 bridgehead atoms. The van der Waals surface area contributed by atoms with Gasteiger partial charge in [0, 0.05) is 36.4 Å². The molecule has 0 aromatic heterocycles. The van der Waals surface area contributed by atoms with Crippen LogP contribution in [-0.4, -0.2) is 42.9 Å². The number of rotatable bonds is 6. The molecule has 3 nitrogen and oxygen atoms in total. The highest BCUT2D eigenvalue weighted by Crippen LogP contribution is 2.30. The number of nitrogens with zero attached hydrogens (tertiary/aromatic N) is 1. The molecule has 1 aliphatic carbocycles. The zero-order valence-electron chi connectivity index (χ0n) is 12.6. The van der Waals surface area contributed by atoms with E-state index in [1.807, 2.05) is 12.1 Å². The Labute approximate surface area is 131 Å². The molecule has 3 rings (SSSR count). The van der Waals surface area contributed by atoms with Crippen LogP contribution in [0, 0.1) is 5.92 Å². The smallest absolute Gasteiger partial charge is 0.254 e. The Morgan fingerprint density at radius 3 is 2.62 bits per heavy atom. The van der Waals surface area contributed by atoms with Crippen molar-refractivity contribution in [3.8, 4) is 0 Å². The van der Waals surface area contributed by atoms with Gasteiger partial charge in [-0.3, -0.25) is 4.79 Å². The van der Waals surface area contributed by atoms with Gasteiger partial charge in [-0.1, -0.05) is 12.1 Å². The van der Waals surface area contributed by atoms with E-state index in [1.165, 1.54) is 5.56 Å². The van der Waals surface area contributed by atoms with Gasteiger partial charge in [0.2, 0.25) is 0 Å². The molecule has 1 saturated heterocycles. The maximum atomic E-state index is 12.8. The van der Waals surface area contributed by atoms with Crippen molar-refractivity contribution in [1.82, 2.24) is 4.90 Å². The van der Waals surface area contributed by atoms with Crippen molar-refractivity contribution in [2.75, 3.05) is 26.0 Å². The fraction of sp³-hybridized carbons (Fsp3) is 0.588.